The first-order chi connectivity index (χ1) is 9.28. The zero-order valence-corrected chi connectivity index (χ0v) is 14.3. The highest BCUT2D eigenvalue weighted by Gasteiger charge is 2.41. The molecule has 0 bridgehead atoms. The summed E-state index contributed by atoms with van der Waals surface area (Å²) in [4.78, 5) is 26.4. The first-order valence-electron chi connectivity index (χ1n) is 7.24. The van der Waals surface area contributed by atoms with Gasteiger partial charge < -0.3 is 0 Å². The molecule has 1 heterocycles. The van der Waals surface area contributed by atoms with Crippen molar-refractivity contribution in [1.82, 2.24) is 4.90 Å². The first-order valence-corrected chi connectivity index (χ1v) is 7.24. The highest BCUT2D eigenvalue weighted by molar-refractivity contribution is 6.10. The SMILES string of the molecule is C=C(C1C=C(C)C(=O)N(C(=C)C(C)(C)C)C1=O)C(C)(C)C. The minimum atomic E-state index is -0.471. The summed E-state index contributed by atoms with van der Waals surface area (Å²) >= 11 is 0. The Morgan fingerprint density at radius 3 is 1.90 bits per heavy atom. The molecule has 116 valence electrons. The van der Waals surface area contributed by atoms with Crippen LogP contribution in [-0.4, -0.2) is 16.7 Å². The monoisotopic (exact) mass is 289 g/mol. The second-order valence-electron chi connectivity index (χ2n) is 7.78. The van der Waals surface area contributed by atoms with Gasteiger partial charge in [-0.15, -0.1) is 0 Å². The number of carbonyl (C=O) groups is 2. The summed E-state index contributed by atoms with van der Waals surface area (Å²) in [5.74, 6) is -0.995. The number of rotatable bonds is 2. The molecule has 0 aromatic heterocycles. The third-order valence-electron chi connectivity index (χ3n) is 3.92. The summed E-state index contributed by atoms with van der Waals surface area (Å²) < 4.78 is 0. The number of allylic oxidation sites excluding steroid dienone is 1. The van der Waals surface area contributed by atoms with E-state index in [2.05, 4.69) is 13.2 Å². The van der Waals surface area contributed by atoms with E-state index < -0.39 is 5.92 Å². The Balaban J connectivity index is 3.31. The first kappa shape index (κ1) is 17.4. The van der Waals surface area contributed by atoms with Crippen molar-refractivity contribution in [2.75, 3.05) is 0 Å². The van der Waals surface area contributed by atoms with Crippen LogP contribution in [0.4, 0.5) is 0 Å². The van der Waals surface area contributed by atoms with Crippen molar-refractivity contribution in [2.45, 2.75) is 48.5 Å². The average Bonchev–Trinajstić information content (AvgIpc) is 2.30. The zero-order valence-electron chi connectivity index (χ0n) is 14.3. The molecule has 0 saturated heterocycles. The molecular formula is C18H27NO2. The highest BCUT2D eigenvalue weighted by Crippen LogP contribution is 2.38. The molecule has 21 heavy (non-hydrogen) atoms. The van der Waals surface area contributed by atoms with Crippen molar-refractivity contribution < 1.29 is 9.59 Å². The molecule has 2 amide bonds. The smallest absolute Gasteiger partial charge is 0.260 e. The largest absolute Gasteiger partial charge is 0.273 e. The standard InChI is InChI=1S/C18H27NO2/c1-11-10-14(12(2)17(4,5)6)16(21)19(15(11)20)13(3)18(7,8)9/h10,14H,2-3H2,1,4-9H3. The summed E-state index contributed by atoms with van der Waals surface area (Å²) in [5, 5.41) is 0. The van der Waals surface area contributed by atoms with Gasteiger partial charge in [0.1, 0.15) is 0 Å². The van der Waals surface area contributed by atoms with Crippen molar-refractivity contribution in [3.8, 4) is 0 Å². The van der Waals surface area contributed by atoms with Crippen LogP contribution in [-0.2, 0) is 9.59 Å². The van der Waals surface area contributed by atoms with Crippen molar-refractivity contribution in [3.05, 3.63) is 36.1 Å². The fourth-order valence-corrected chi connectivity index (χ4v) is 2.12. The van der Waals surface area contributed by atoms with Gasteiger partial charge in [0.2, 0.25) is 5.91 Å². The molecule has 1 unspecified atom stereocenters. The lowest BCUT2D eigenvalue weighted by molar-refractivity contribution is -0.143. The van der Waals surface area contributed by atoms with E-state index >= 15 is 0 Å². The molecular weight excluding hydrogens is 262 g/mol. The van der Waals surface area contributed by atoms with Crippen molar-refractivity contribution >= 4 is 11.8 Å². The van der Waals surface area contributed by atoms with E-state index in [9.17, 15) is 9.59 Å². The lowest BCUT2D eigenvalue weighted by Gasteiger charge is -2.38. The van der Waals surface area contributed by atoms with E-state index in [0.717, 1.165) is 5.57 Å². The Labute approximate surface area is 128 Å². The maximum Gasteiger partial charge on any atom is 0.260 e. The van der Waals surface area contributed by atoms with Gasteiger partial charge in [0.25, 0.3) is 5.91 Å². The fraction of sp³-hybridized carbons (Fsp3) is 0.556. The van der Waals surface area contributed by atoms with Crippen LogP contribution in [0.25, 0.3) is 0 Å². The molecule has 0 saturated carbocycles. The Morgan fingerprint density at radius 2 is 1.52 bits per heavy atom. The molecule has 0 spiro atoms. The maximum absolute atomic E-state index is 12.8. The van der Waals surface area contributed by atoms with Crippen LogP contribution >= 0.6 is 0 Å². The molecule has 3 nitrogen and oxygen atoms in total. The molecule has 3 heteroatoms. The molecule has 1 aliphatic heterocycles. The fourth-order valence-electron chi connectivity index (χ4n) is 2.12. The van der Waals surface area contributed by atoms with Gasteiger partial charge >= 0.3 is 0 Å². The Morgan fingerprint density at radius 1 is 1.05 bits per heavy atom. The Kier molecular flexibility index (Phi) is 4.38. The van der Waals surface area contributed by atoms with E-state index in [-0.39, 0.29) is 22.6 Å². The average molecular weight is 289 g/mol. The third-order valence-corrected chi connectivity index (χ3v) is 3.92. The molecule has 0 aromatic carbocycles. The Hall–Kier alpha value is -1.64. The summed E-state index contributed by atoms with van der Waals surface area (Å²) in [7, 11) is 0. The summed E-state index contributed by atoms with van der Waals surface area (Å²) in [6.45, 7) is 21.7. The number of carbonyl (C=O) groups excluding carboxylic acids is 2. The lowest BCUT2D eigenvalue weighted by atomic mass is 9.77. The van der Waals surface area contributed by atoms with Gasteiger partial charge in [-0.25, -0.2) is 4.90 Å². The van der Waals surface area contributed by atoms with Gasteiger partial charge in [0, 0.05) is 16.7 Å². The number of amides is 2. The lowest BCUT2D eigenvalue weighted by Crippen LogP contribution is -2.47. The van der Waals surface area contributed by atoms with E-state index in [1.807, 2.05) is 41.5 Å². The van der Waals surface area contributed by atoms with Crippen molar-refractivity contribution in [2.24, 2.45) is 16.7 Å². The van der Waals surface area contributed by atoms with E-state index in [1.54, 1.807) is 13.0 Å². The number of nitrogens with zero attached hydrogens (tertiary/aromatic N) is 1. The van der Waals surface area contributed by atoms with E-state index in [0.29, 0.717) is 11.3 Å². The summed E-state index contributed by atoms with van der Waals surface area (Å²) in [6.07, 6.45) is 1.73. The molecule has 0 radical (unpaired) electrons. The summed E-state index contributed by atoms with van der Waals surface area (Å²) in [5.41, 5.74) is 1.35. The molecule has 1 atom stereocenters. The number of hydrogen-bond donors (Lipinski definition) is 0. The van der Waals surface area contributed by atoms with Gasteiger partial charge in [-0.05, 0) is 12.3 Å². The van der Waals surface area contributed by atoms with Crippen LogP contribution in [0, 0.1) is 16.7 Å². The molecule has 0 aliphatic carbocycles. The number of hydrogen-bond acceptors (Lipinski definition) is 2. The minimum absolute atomic E-state index is 0.202. The predicted molar refractivity (Wildman–Crippen MR) is 86.3 cm³/mol. The third kappa shape index (κ3) is 3.34. The van der Waals surface area contributed by atoms with Crippen LogP contribution in [0.1, 0.15) is 48.5 Å². The molecule has 1 rings (SSSR count). The second kappa shape index (κ2) is 5.28. The van der Waals surface area contributed by atoms with Gasteiger partial charge in [0.15, 0.2) is 0 Å². The normalized spacial score (nSPS) is 20.4. The van der Waals surface area contributed by atoms with Gasteiger partial charge in [0.05, 0.1) is 5.92 Å². The van der Waals surface area contributed by atoms with Crippen LogP contribution in [0.5, 0.6) is 0 Å². The van der Waals surface area contributed by atoms with Crippen LogP contribution < -0.4 is 0 Å². The highest BCUT2D eigenvalue weighted by atomic mass is 16.2. The van der Waals surface area contributed by atoms with Crippen molar-refractivity contribution in [3.63, 3.8) is 0 Å². The van der Waals surface area contributed by atoms with Crippen LogP contribution in [0.2, 0.25) is 0 Å². The van der Waals surface area contributed by atoms with Gasteiger partial charge in [-0.1, -0.05) is 66.3 Å². The zero-order chi connectivity index (χ0) is 16.7. The van der Waals surface area contributed by atoms with E-state index in [4.69, 9.17) is 0 Å². The molecule has 1 aliphatic rings. The quantitative estimate of drug-likeness (QED) is 0.567. The minimum Gasteiger partial charge on any atom is -0.273 e. The van der Waals surface area contributed by atoms with Crippen molar-refractivity contribution in [1.29, 1.82) is 0 Å². The van der Waals surface area contributed by atoms with Crippen LogP contribution in [0.3, 0.4) is 0 Å². The van der Waals surface area contributed by atoms with Gasteiger partial charge in [-0.2, -0.15) is 0 Å². The molecule has 0 aromatic rings. The van der Waals surface area contributed by atoms with Gasteiger partial charge in [-0.3, -0.25) is 9.59 Å². The Bertz CT molecular complexity index is 539. The second-order valence-corrected chi connectivity index (χ2v) is 7.78. The summed E-state index contributed by atoms with van der Waals surface area (Å²) in [6, 6.07) is 0. The maximum atomic E-state index is 12.8. The topological polar surface area (TPSA) is 37.4 Å². The van der Waals surface area contributed by atoms with Crippen LogP contribution in [0.15, 0.2) is 36.1 Å². The number of imide groups is 1. The predicted octanol–water partition coefficient (Wildman–Crippen LogP) is 4.08. The van der Waals surface area contributed by atoms with E-state index in [1.165, 1.54) is 4.90 Å². The molecule has 0 fully saturated rings. The molecule has 0 N–H and O–H groups in total.